The van der Waals surface area contributed by atoms with E-state index in [0.29, 0.717) is 25.0 Å². The predicted molar refractivity (Wildman–Crippen MR) is 144 cm³/mol. The van der Waals surface area contributed by atoms with Crippen molar-refractivity contribution in [2.24, 2.45) is 0 Å². The molecule has 0 N–H and O–H groups in total. The molecule has 1 fully saturated rings. The molecule has 0 unspecified atom stereocenters. The summed E-state index contributed by atoms with van der Waals surface area (Å²) in [5.41, 5.74) is 3.64. The first-order chi connectivity index (χ1) is 16.4. The lowest BCUT2D eigenvalue weighted by atomic mass is 10.0. The van der Waals surface area contributed by atoms with Gasteiger partial charge < -0.3 is 14.1 Å². The summed E-state index contributed by atoms with van der Waals surface area (Å²) >= 11 is 1.33. The summed E-state index contributed by atoms with van der Waals surface area (Å²) in [7, 11) is -1.81. The molecule has 1 aliphatic carbocycles. The molecule has 35 heavy (non-hydrogen) atoms. The maximum Gasteiger partial charge on any atom is 0.273 e. The first kappa shape index (κ1) is 27.1. The number of hydrogen-bond donors (Lipinski definition) is 0. The number of carbonyl (C=O) groups is 1. The molecule has 0 saturated heterocycles. The average Bonchev–Trinajstić information content (AvgIpc) is 3.53. The molecule has 3 rings (SSSR count). The summed E-state index contributed by atoms with van der Waals surface area (Å²) in [6.45, 7) is 16.6. The molecule has 1 saturated carbocycles. The minimum atomic E-state index is -1.81. The molecule has 1 amide bonds. The van der Waals surface area contributed by atoms with Crippen LogP contribution in [0.15, 0.2) is 30.0 Å². The fraction of sp³-hybridized carbons (Fsp3) is 0.519. The van der Waals surface area contributed by atoms with Crippen molar-refractivity contribution in [1.29, 1.82) is 5.26 Å². The van der Waals surface area contributed by atoms with E-state index in [1.165, 1.54) is 22.5 Å². The molecule has 6 nitrogen and oxygen atoms in total. The van der Waals surface area contributed by atoms with Crippen LogP contribution in [0.1, 0.15) is 55.2 Å². The molecule has 188 valence electrons. The van der Waals surface area contributed by atoms with Crippen LogP contribution in [0.4, 0.5) is 0 Å². The van der Waals surface area contributed by atoms with Gasteiger partial charge in [0, 0.05) is 18.8 Å². The highest BCUT2D eigenvalue weighted by molar-refractivity contribution is 7.14. The van der Waals surface area contributed by atoms with Crippen molar-refractivity contribution in [2.45, 2.75) is 78.2 Å². The minimum Gasteiger partial charge on any atom is -0.468 e. The van der Waals surface area contributed by atoms with Gasteiger partial charge in [-0.3, -0.25) is 4.79 Å². The summed E-state index contributed by atoms with van der Waals surface area (Å²) < 4.78 is 11.9. The third-order valence-electron chi connectivity index (χ3n) is 7.02. The summed E-state index contributed by atoms with van der Waals surface area (Å²) in [6.07, 6.45) is 5.22. The van der Waals surface area contributed by atoms with Crippen molar-refractivity contribution in [3.05, 3.63) is 51.5 Å². The lowest BCUT2D eigenvalue weighted by Gasteiger charge is -2.36. The van der Waals surface area contributed by atoms with Gasteiger partial charge in [-0.15, -0.1) is 0 Å². The first-order valence-corrected chi connectivity index (χ1v) is 15.9. The highest BCUT2D eigenvalue weighted by atomic mass is 32.1. The number of carbonyl (C=O) groups excluding carboxylic acids is 1. The zero-order valence-electron chi connectivity index (χ0n) is 22.0. The van der Waals surface area contributed by atoms with E-state index in [0.717, 1.165) is 23.3 Å². The second kappa shape index (κ2) is 11.1. The molecule has 0 radical (unpaired) electrons. The molecule has 0 spiro atoms. The van der Waals surface area contributed by atoms with Gasteiger partial charge in [0.1, 0.15) is 18.2 Å². The molecule has 2 aromatic rings. The lowest BCUT2D eigenvalue weighted by molar-refractivity contribution is -0.127. The number of aryl methyl sites for hydroxylation is 1. The molecular formula is C27H37N3O3SSi. The van der Waals surface area contributed by atoms with Crippen LogP contribution in [0.5, 0.6) is 5.19 Å². The van der Waals surface area contributed by atoms with E-state index < -0.39 is 8.32 Å². The van der Waals surface area contributed by atoms with Crippen LogP contribution in [-0.2, 0) is 15.8 Å². The topological polar surface area (TPSA) is 75.5 Å². The Morgan fingerprint density at radius 3 is 2.63 bits per heavy atom. The van der Waals surface area contributed by atoms with Crippen molar-refractivity contribution in [3.63, 3.8) is 0 Å². The van der Waals surface area contributed by atoms with Crippen molar-refractivity contribution in [1.82, 2.24) is 9.88 Å². The van der Waals surface area contributed by atoms with Crippen LogP contribution >= 0.6 is 11.3 Å². The van der Waals surface area contributed by atoms with Gasteiger partial charge in [-0.1, -0.05) is 50.3 Å². The third kappa shape index (κ3) is 7.03. The molecule has 1 aromatic carbocycles. The average molecular weight is 512 g/mol. The van der Waals surface area contributed by atoms with E-state index in [1.54, 1.807) is 12.3 Å². The Morgan fingerprint density at radius 2 is 2.00 bits per heavy atom. The van der Waals surface area contributed by atoms with Crippen LogP contribution in [-0.4, -0.2) is 43.4 Å². The number of benzene rings is 1. The van der Waals surface area contributed by atoms with Crippen LogP contribution in [0.25, 0.3) is 6.08 Å². The Hall–Kier alpha value is -2.47. The minimum absolute atomic E-state index is 0.124. The Labute approximate surface area is 214 Å². The smallest absolute Gasteiger partial charge is 0.273 e. The number of ether oxygens (including phenoxy) is 1. The zero-order valence-corrected chi connectivity index (χ0v) is 23.8. The van der Waals surface area contributed by atoms with Gasteiger partial charge in [0.05, 0.1) is 11.5 Å². The van der Waals surface area contributed by atoms with Crippen LogP contribution in [0.3, 0.4) is 0 Å². The van der Waals surface area contributed by atoms with E-state index >= 15 is 0 Å². The van der Waals surface area contributed by atoms with Crippen molar-refractivity contribution >= 4 is 31.6 Å². The number of rotatable bonds is 10. The maximum absolute atomic E-state index is 13.3. The SMILES string of the molecule is Cc1cccc(CN(C(=O)/C(C#N)=C/c2cnc(OCCO[Si](C)(C)C(C)(C)C)s2)C2CC2)c1C. The molecule has 1 heterocycles. The Kier molecular flexibility index (Phi) is 8.57. The van der Waals surface area contributed by atoms with Crippen molar-refractivity contribution < 1.29 is 14.0 Å². The molecule has 0 bridgehead atoms. The van der Waals surface area contributed by atoms with E-state index in [4.69, 9.17) is 9.16 Å². The second-order valence-electron chi connectivity index (χ2n) is 10.7. The summed E-state index contributed by atoms with van der Waals surface area (Å²) in [5, 5.41) is 10.4. The standard InChI is InChI=1S/C27H37N3O3SSi/c1-19-9-8-10-21(20(19)2)18-30(23-11-12-23)25(31)22(16-28)15-24-17-29-26(34-24)32-13-14-33-35(6,7)27(3,4)5/h8-10,15,17,23H,11-14,18H2,1-7H3/b22-15+. The van der Waals surface area contributed by atoms with Gasteiger partial charge in [0.15, 0.2) is 8.32 Å². The zero-order chi connectivity index (χ0) is 25.8. The predicted octanol–water partition coefficient (Wildman–Crippen LogP) is 6.26. The van der Waals surface area contributed by atoms with E-state index in [-0.39, 0.29) is 22.6 Å². The highest BCUT2D eigenvalue weighted by Crippen LogP contribution is 2.36. The molecule has 1 aromatic heterocycles. The van der Waals surface area contributed by atoms with Gasteiger partial charge in [0.2, 0.25) is 0 Å². The number of amides is 1. The maximum atomic E-state index is 13.3. The molecule has 8 heteroatoms. The van der Waals surface area contributed by atoms with Gasteiger partial charge >= 0.3 is 0 Å². The van der Waals surface area contributed by atoms with E-state index in [9.17, 15) is 10.1 Å². The number of aromatic nitrogens is 1. The van der Waals surface area contributed by atoms with Gasteiger partial charge in [-0.2, -0.15) is 5.26 Å². The van der Waals surface area contributed by atoms with Gasteiger partial charge in [-0.25, -0.2) is 4.98 Å². The Balaban J connectivity index is 1.64. The third-order valence-corrected chi connectivity index (χ3v) is 12.4. The number of nitrogens with zero attached hydrogens (tertiary/aromatic N) is 3. The molecule has 1 aliphatic rings. The summed E-state index contributed by atoms with van der Waals surface area (Å²) in [4.78, 5) is 20.2. The normalized spacial score (nSPS) is 14.5. The summed E-state index contributed by atoms with van der Waals surface area (Å²) in [5.74, 6) is -0.227. The van der Waals surface area contributed by atoms with Crippen LogP contribution in [0.2, 0.25) is 18.1 Å². The summed E-state index contributed by atoms with van der Waals surface area (Å²) in [6, 6.07) is 8.46. The second-order valence-corrected chi connectivity index (χ2v) is 16.5. The van der Waals surface area contributed by atoms with E-state index in [1.807, 2.05) is 11.0 Å². The highest BCUT2D eigenvalue weighted by Gasteiger charge is 2.37. The quantitative estimate of drug-likeness (QED) is 0.163. The molecule has 0 atom stereocenters. The Bertz CT molecular complexity index is 1120. The van der Waals surface area contributed by atoms with Gasteiger partial charge in [-0.05, 0) is 67.6 Å². The number of nitriles is 1. The molecule has 0 aliphatic heterocycles. The van der Waals surface area contributed by atoms with Crippen LogP contribution < -0.4 is 4.74 Å². The first-order valence-electron chi connectivity index (χ1n) is 12.1. The number of thiazole rings is 1. The van der Waals surface area contributed by atoms with Gasteiger partial charge in [0.25, 0.3) is 11.1 Å². The van der Waals surface area contributed by atoms with Crippen molar-refractivity contribution in [2.75, 3.05) is 13.2 Å². The Morgan fingerprint density at radius 1 is 1.29 bits per heavy atom. The largest absolute Gasteiger partial charge is 0.468 e. The van der Waals surface area contributed by atoms with Crippen LogP contribution in [0, 0.1) is 25.2 Å². The number of hydrogen-bond acceptors (Lipinski definition) is 6. The van der Waals surface area contributed by atoms with E-state index in [2.05, 4.69) is 70.9 Å². The van der Waals surface area contributed by atoms with Crippen molar-refractivity contribution in [3.8, 4) is 11.3 Å². The monoisotopic (exact) mass is 511 g/mol. The molecular weight excluding hydrogens is 474 g/mol. The fourth-order valence-corrected chi connectivity index (χ4v) is 5.16. The lowest BCUT2D eigenvalue weighted by Crippen LogP contribution is -2.41. The fourth-order valence-electron chi connectivity index (χ4n) is 3.40.